The van der Waals surface area contributed by atoms with Crippen LogP contribution >= 0.6 is 15.9 Å². The third-order valence-electron chi connectivity index (χ3n) is 2.62. The second kappa shape index (κ2) is 6.12. The predicted molar refractivity (Wildman–Crippen MR) is 72.9 cm³/mol. The summed E-state index contributed by atoms with van der Waals surface area (Å²) in [5.41, 5.74) is 6.39. The Labute approximate surface area is 118 Å². The van der Waals surface area contributed by atoms with Gasteiger partial charge in [0.1, 0.15) is 23.5 Å². The maximum atomic E-state index is 13.2. The molecule has 0 heterocycles. The Bertz CT molecular complexity index is 560. The summed E-state index contributed by atoms with van der Waals surface area (Å²) < 4.78 is 32.3. The van der Waals surface area contributed by atoms with Crippen LogP contribution in [0.1, 0.15) is 11.7 Å². The van der Waals surface area contributed by atoms with E-state index >= 15 is 0 Å². The minimum atomic E-state index is -0.460. The Morgan fingerprint density at radius 2 is 1.68 bits per heavy atom. The predicted octanol–water partition coefficient (Wildman–Crippen LogP) is 3.81. The Kier molecular flexibility index (Phi) is 4.50. The van der Waals surface area contributed by atoms with E-state index in [0.29, 0.717) is 10.2 Å². The molecule has 0 saturated carbocycles. The zero-order valence-corrected chi connectivity index (χ0v) is 11.5. The maximum absolute atomic E-state index is 13.2. The highest BCUT2D eigenvalue weighted by Crippen LogP contribution is 2.29. The first-order valence-corrected chi connectivity index (χ1v) is 6.46. The molecule has 19 heavy (non-hydrogen) atoms. The van der Waals surface area contributed by atoms with Crippen molar-refractivity contribution in [2.24, 2.45) is 5.73 Å². The molecule has 2 nitrogen and oxygen atoms in total. The lowest BCUT2D eigenvalue weighted by atomic mass is 10.1. The zero-order valence-electron chi connectivity index (χ0n) is 9.95. The van der Waals surface area contributed by atoms with Crippen molar-refractivity contribution in [1.29, 1.82) is 0 Å². The van der Waals surface area contributed by atoms with Crippen molar-refractivity contribution in [3.63, 3.8) is 0 Å². The molecule has 2 aromatic rings. The van der Waals surface area contributed by atoms with E-state index in [1.807, 2.05) is 0 Å². The van der Waals surface area contributed by atoms with Crippen LogP contribution < -0.4 is 10.5 Å². The fourth-order valence-electron chi connectivity index (χ4n) is 1.65. The molecule has 1 atom stereocenters. The van der Waals surface area contributed by atoms with Gasteiger partial charge in [-0.05, 0) is 45.8 Å². The van der Waals surface area contributed by atoms with Gasteiger partial charge in [-0.2, -0.15) is 0 Å². The summed E-state index contributed by atoms with van der Waals surface area (Å²) in [6.45, 7) is 0.203. The second-order valence-corrected chi connectivity index (χ2v) is 4.82. The lowest BCUT2D eigenvalue weighted by Gasteiger charge is -2.18. The molecule has 0 aromatic heterocycles. The van der Waals surface area contributed by atoms with Crippen LogP contribution in [0, 0.1) is 11.6 Å². The third-order valence-corrected chi connectivity index (χ3v) is 3.27. The van der Waals surface area contributed by atoms with E-state index in [-0.39, 0.29) is 12.4 Å². The lowest BCUT2D eigenvalue weighted by Crippen LogP contribution is -2.18. The number of hydrogen-bond donors (Lipinski definition) is 1. The number of hydrogen-bond acceptors (Lipinski definition) is 2. The van der Waals surface area contributed by atoms with Gasteiger partial charge >= 0.3 is 0 Å². The van der Waals surface area contributed by atoms with Gasteiger partial charge in [-0.3, -0.25) is 0 Å². The molecule has 0 spiro atoms. The fraction of sp³-hybridized carbons (Fsp3) is 0.143. The van der Waals surface area contributed by atoms with Gasteiger partial charge in [0.05, 0.1) is 4.47 Å². The Balaban J connectivity index is 2.23. The van der Waals surface area contributed by atoms with Crippen LogP contribution in [-0.2, 0) is 0 Å². The van der Waals surface area contributed by atoms with Crippen molar-refractivity contribution in [2.75, 3.05) is 6.54 Å². The maximum Gasteiger partial charge on any atom is 0.137 e. The molecule has 0 aliphatic carbocycles. The molecule has 0 radical (unpaired) electrons. The smallest absolute Gasteiger partial charge is 0.137 e. The number of nitrogens with two attached hydrogens (primary N) is 1. The van der Waals surface area contributed by atoms with E-state index in [0.717, 1.165) is 5.56 Å². The third kappa shape index (κ3) is 3.52. The first kappa shape index (κ1) is 14.0. The summed E-state index contributed by atoms with van der Waals surface area (Å²) >= 11 is 3.28. The van der Waals surface area contributed by atoms with E-state index in [2.05, 4.69) is 15.9 Å². The van der Waals surface area contributed by atoms with Crippen LogP contribution in [0.2, 0.25) is 0 Å². The monoisotopic (exact) mass is 327 g/mol. The van der Waals surface area contributed by atoms with Gasteiger partial charge in [-0.15, -0.1) is 0 Å². The summed E-state index contributed by atoms with van der Waals surface area (Å²) in [4.78, 5) is 0. The molecule has 2 aromatic carbocycles. The van der Waals surface area contributed by atoms with Crippen LogP contribution in [0.15, 0.2) is 46.9 Å². The molecule has 0 aliphatic heterocycles. The molecule has 0 bridgehead atoms. The molecule has 0 fully saturated rings. The van der Waals surface area contributed by atoms with Gasteiger partial charge in [-0.1, -0.05) is 12.1 Å². The standard InChI is InChI=1S/C14H12BrF2NO/c15-12-6-5-11(17)7-13(12)19-14(8-18)9-1-3-10(16)4-2-9/h1-7,14H,8,18H2. The van der Waals surface area contributed by atoms with E-state index in [1.165, 1.54) is 24.3 Å². The second-order valence-electron chi connectivity index (χ2n) is 3.97. The lowest BCUT2D eigenvalue weighted by molar-refractivity contribution is 0.212. The van der Waals surface area contributed by atoms with Crippen molar-refractivity contribution >= 4 is 15.9 Å². The SMILES string of the molecule is NCC(Oc1cc(F)ccc1Br)c1ccc(F)cc1. The van der Waals surface area contributed by atoms with Gasteiger partial charge in [0.2, 0.25) is 0 Å². The number of benzene rings is 2. The quantitative estimate of drug-likeness (QED) is 0.926. The van der Waals surface area contributed by atoms with Crippen LogP contribution in [0.25, 0.3) is 0 Å². The molecular formula is C14H12BrF2NO. The summed E-state index contributed by atoms with van der Waals surface area (Å²) in [7, 11) is 0. The minimum absolute atomic E-state index is 0.203. The number of ether oxygens (including phenoxy) is 1. The first-order chi connectivity index (χ1) is 9.10. The summed E-state index contributed by atoms with van der Waals surface area (Å²) in [6, 6.07) is 10.0. The Hall–Kier alpha value is -1.46. The van der Waals surface area contributed by atoms with Crippen LogP contribution in [-0.4, -0.2) is 6.54 Å². The number of rotatable bonds is 4. The van der Waals surface area contributed by atoms with Gasteiger partial charge in [0.15, 0.2) is 0 Å². The molecule has 2 N–H and O–H groups in total. The van der Waals surface area contributed by atoms with E-state index in [9.17, 15) is 8.78 Å². The molecule has 1 unspecified atom stereocenters. The van der Waals surface area contributed by atoms with E-state index in [1.54, 1.807) is 18.2 Å². The molecule has 0 amide bonds. The largest absolute Gasteiger partial charge is 0.483 e. The van der Waals surface area contributed by atoms with Gasteiger partial charge in [-0.25, -0.2) is 8.78 Å². The van der Waals surface area contributed by atoms with Crippen molar-refractivity contribution in [3.8, 4) is 5.75 Å². The highest BCUT2D eigenvalue weighted by atomic mass is 79.9. The van der Waals surface area contributed by atoms with Crippen molar-refractivity contribution < 1.29 is 13.5 Å². The first-order valence-electron chi connectivity index (χ1n) is 5.67. The highest BCUT2D eigenvalue weighted by molar-refractivity contribution is 9.10. The van der Waals surface area contributed by atoms with Crippen LogP contribution in [0.3, 0.4) is 0 Å². The topological polar surface area (TPSA) is 35.2 Å². The van der Waals surface area contributed by atoms with E-state index in [4.69, 9.17) is 10.5 Å². The van der Waals surface area contributed by atoms with E-state index < -0.39 is 11.9 Å². The Morgan fingerprint density at radius 3 is 2.32 bits per heavy atom. The summed E-state index contributed by atoms with van der Waals surface area (Å²) in [6.07, 6.45) is -0.460. The molecule has 5 heteroatoms. The molecule has 0 aliphatic rings. The van der Waals surface area contributed by atoms with Crippen molar-refractivity contribution in [2.45, 2.75) is 6.10 Å². The summed E-state index contributed by atoms with van der Waals surface area (Å²) in [5.74, 6) is -0.362. The van der Waals surface area contributed by atoms with Crippen LogP contribution in [0.4, 0.5) is 8.78 Å². The molecule has 0 saturated heterocycles. The highest BCUT2D eigenvalue weighted by Gasteiger charge is 2.14. The average Bonchev–Trinajstić information content (AvgIpc) is 2.41. The average molecular weight is 328 g/mol. The van der Waals surface area contributed by atoms with Crippen molar-refractivity contribution in [1.82, 2.24) is 0 Å². The van der Waals surface area contributed by atoms with Gasteiger partial charge in [0, 0.05) is 12.6 Å². The van der Waals surface area contributed by atoms with Gasteiger partial charge in [0.25, 0.3) is 0 Å². The fourth-order valence-corrected chi connectivity index (χ4v) is 1.99. The normalized spacial score (nSPS) is 12.2. The number of halogens is 3. The summed E-state index contributed by atoms with van der Waals surface area (Å²) in [5, 5.41) is 0. The van der Waals surface area contributed by atoms with Gasteiger partial charge < -0.3 is 10.5 Å². The minimum Gasteiger partial charge on any atom is -0.483 e. The Morgan fingerprint density at radius 1 is 1.05 bits per heavy atom. The molecule has 2 rings (SSSR count). The molecule has 100 valence electrons. The van der Waals surface area contributed by atoms with Crippen molar-refractivity contribution in [3.05, 3.63) is 64.1 Å². The van der Waals surface area contributed by atoms with Crippen LogP contribution in [0.5, 0.6) is 5.75 Å². The molecular weight excluding hydrogens is 316 g/mol. The zero-order chi connectivity index (χ0) is 13.8.